The lowest BCUT2D eigenvalue weighted by atomic mass is 10.0. The van der Waals surface area contributed by atoms with Gasteiger partial charge in [-0.15, -0.1) is 0 Å². The summed E-state index contributed by atoms with van der Waals surface area (Å²) in [5, 5.41) is 0.285. The van der Waals surface area contributed by atoms with Gasteiger partial charge in [-0.3, -0.25) is 0 Å². The van der Waals surface area contributed by atoms with E-state index in [-0.39, 0.29) is 11.6 Å². The molecule has 5 heteroatoms. The number of hydrogen-bond donors (Lipinski definition) is 0. The molecule has 0 N–H and O–H groups in total. The topological polar surface area (TPSA) is 52.6 Å². The van der Waals surface area contributed by atoms with Crippen molar-refractivity contribution in [1.29, 1.82) is 0 Å². The molecule has 0 aliphatic carbocycles. The molecule has 0 saturated heterocycles. The largest absolute Gasteiger partial charge is 0.462 e. The molecule has 22 heavy (non-hydrogen) atoms. The quantitative estimate of drug-likeness (QED) is 0.616. The molecule has 4 nitrogen and oxygen atoms in total. The van der Waals surface area contributed by atoms with E-state index in [1.54, 1.807) is 45.9 Å². The van der Waals surface area contributed by atoms with Crippen LogP contribution in [0.4, 0.5) is 0 Å². The fraction of sp³-hybridized carbons (Fsp3) is 0.412. The zero-order chi connectivity index (χ0) is 16.9. The van der Waals surface area contributed by atoms with E-state index < -0.39 is 17.5 Å². The van der Waals surface area contributed by atoms with Crippen LogP contribution in [0.3, 0.4) is 0 Å². The summed E-state index contributed by atoms with van der Waals surface area (Å²) in [6, 6.07) is 3.28. The number of hydrogen-bond acceptors (Lipinski definition) is 4. The summed E-state index contributed by atoms with van der Waals surface area (Å²) >= 11 is 6.10. The van der Waals surface area contributed by atoms with Gasteiger partial charge in [0, 0.05) is 6.08 Å². The highest BCUT2D eigenvalue weighted by molar-refractivity contribution is 6.33. The number of carbonyl (C=O) groups excluding carboxylic acids is 2. The number of halogens is 1. The first-order valence-corrected chi connectivity index (χ1v) is 7.40. The molecule has 0 spiro atoms. The minimum Gasteiger partial charge on any atom is -0.462 e. The van der Waals surface area contributed by atoms with Crippen molar-refractivity contribution in [3.63, 3.8) is 0 Å². The highest BCUT2D eigenvalue weighted by atomic mass is 35.5. The summed E-state index contributed by atoms with van der Waals surface area (Å²) in [7, 11) is 0. The lowest BCUT2D eigenvalue weighted by molar-refractivity contribution is -0.148. The van der Waals surface area contributed by atoms with Gasteiger partial charge in [-0.2, -0.15) is 0 Å². The molecule has 0 fully saturated rings. The van der Waals surface area contributed by atoms with E-state index in [0.29, 0.717) is 5.56 Å². The van der Waals surface area contributed by atoms with E-state index in [4.69, 9.17) is 21.1 Å². The molecule has 0 aliphatic rings. The van der Waals surface area contributed by atoms with Gasteiger partial charge < -0.3 is 9.47 Å². The molecule has 0 radical (unpaired) electrons. The average Bonchev–Trinajstić information content (AvgIpc) is 2.37. The van der Waals surface area contributed by atoms with Crippen LogP contribution in [0.15, 0.2) is 18.2 Å². The van der Waals surface area contributed by atoms with Crippen LogP contribution in [0.2, 0.25) is 5.02 Å². The third-order valence-corrected chi connectivity index (χ3v) is 2.97. The molecule has 0 bridgehead atoms. The molecule has 1 aromatic carbocycles. The Labute approximate surface area is 136 Å². The molecule has 0 unspecified atom stereocenters. The maximum atomic E-state index is 11.8. The number of esters is 2. The Bertz CT molecular complexity index is 597. The number of carbonyl (C=O) groups is 2. The number of benzene rings is 1. The highest BCUT2D eigenvalue weighted by Crippen LogP contribution is 2.23. The monoisotopic (exact) mass is 324 g/mol. The van der Waals surface area contributed by atoms with Crippen LogP contribution in [0.25, 0.3) is 6.08 Å². The van der Waals surface area contributed by atoms with Crippen molar-refractivity contribution in [3.05, 3.63) is 39.9 Å². The Hall–Kier alpha value is -1.81. The van der Waals surface area contributed by atoms with Crippen molar-refractivity contribution in [3.8, 4) is 0 Å². The molecule has 0 amide bonds. The van der Waals surface area contributed by atoms with Gasteiger partial charge in [0.05, 0.1) is 17.2 Å². The third-order valence-electron chi connectivity index (χ3n) is 2.66. The molecule has 0 aliphatic heterocycles. The lowest BCUT2D eigenvalue weighted by Crippen LogP contribution is -2.22. The zero-order valence-electron chi connectivity index (χ0n) is 13.5. The second-order valence-corrected chi connectivity index (χ2v) is 6.18. The van der Waals surface area contributed by atoms with Crippen LogP contribution in [-0.2, 0) is 14.3 Å². The SMILES string of the molecule is CCOC(=O)c1cc(C)c(/C=C/C(=O)OC(C)(C)C)cc1Cl. The predicted octanol–water partition coefficient (Wildman–Crippen LogP) is 4.18. The summed E-state index contributed by atoms with van der Waals surface area (Å²) in [5.41, 5.74) is 1.33. The molecule has 0 saturated carbocycles. The molecular formula is C17H21ClO4. The van der Waals surface area contributed by atoms with Crippen LogP contribution in [0, 0.1) is 6.92 Å². The van der Waals surface area contributed by atoms with Crippen LogP contribution in [0.1, 0.15) is 49.2 Å². The lowest BCUT2D eigenvalue weighted by Gasteiger charge is -2.18. The molecule has 1 aromatic rings. The molecule has 1 rings (SSSR count). The van der Waals surface area contributed by atoms with Crippen LogP contribution in [0.5, 0.6) is 0 Å². The highest BCUT2D eigenvalue weighted by Gasteiger charge is 2.15. The van der Waals surface area contributed by atoms with E-state index in [2.05, 4.69) is 0 Å². The van der Waals surface area contributed by atoms with Crippen molar-refractivity contribution < 1.29 is 19.1 Å². The number of rotatable bonds is 4. The van der Waals surface area contributed by atoms with Crippen molar-refractivity contribution >= 4 is 29.6 Å². The smallest absolute Gasteiger partial charge is 0.339 e. The first-order valence-electron chi connectivity index (χ1n) is 7.02. The minimum absolute atomic E-state index is 0.285. The number of ether oxygens (including phenoxy) is 2. The van der Waals surface area contributed by atoms with Crippen molar-refractivity contribution in [2.24, 2.45) is 0 Å². The Morgan fingerprint density at radius 2 is 1.91 bits per heavy atom. The summed E-state index contributed by atoms with van der Waals surface area (Å²) in [6.45, 7) is 9.25. The number of aryl methyl sites for hydroxylation is 1. The van der Waals surface area contributed by atoms with E-state index in [9.17, 15) is 9.59 Å². The normalized spacial score (nSPS) is 11.5. The second kappa shape index (κ2) is 7.45. The van der Waals surface area contributed by atoms with Crippen molar-refractivity contribution in [1.82, 2.24) is 0 Å². The van der Waals surface area contributed by atoms with Gasteiger partial charge in [0.15, 0.2) is 0 Å². The second-order valence-electron chi connectivity index (χ2n) is 5.78. The fourth-order valence-corrected chi connectivity index (χ4v) is 1.98. The maximum Gasteiger partial charge on any atom is 0.339 e. The van der Waals surface area contributed by atoms with E-state index in [0.717, 1.165) is 11.1 Å². The van der Waals surface area contributed by atoms with Gasteiger partial charge in [-0.25, -0.2) is 9.59 Å². The van der Waals surface area contributed by atoms with Gasteiger partial charge >= 0.3 is 11.9 Å². The first-order chi connectivity index (χ1) is 10.1. The van der Waals surface area contributed by atoms with Crippen LogP contribution < -0.4 is 0 Å². The van der Waals surface area contributed by atoms with Gasteiger partial charge in [0.1, 0.15) is 5.60 Å². The maximum absolute atomic E-state index is 11.8. The van der Waals surface area contributed by atoms with Gasteiger partial charge in [0.25, 0.3) is 0 Å². The van der Waals surface area contributed by atoms with Gasteiger partial charge in [-0.05, 0) is 64.0 Å². The van der Waals surface area contributed by atoms with Crippen LogP contribution >= 0.6 is 11.6 Å². The van der Waals surface area contributed by atoms with E-state index in [1.165, 1.54) is 6.08 Å². The standard InChI is InChI=1S/C17H21ClO4/c1-6-21-16(20)13-9-11(2)12(10-14(13)18)7-8-15(19)22-17(3,4)5/h7-10H,6H2,1-5H3/b8-7+. The Kier molecular flexibility index (Phi) is 6.18. The van der Waals surface area contributed by atoms with E-state index in [1.807, 2.05) is 6.92 Å². The Morgan fingerprint density at radius 1 is 1.27 bits per heavy atom. The summed E-state index contributed by atoms with van der Waals surface area (Å²) in [4.78, 5) is 23.4. The summed E-state index contributed by atoms with van der Waals surface area (Å²) in [6.07, 6.45) is 2.96. The molecule has 0 aromatic heterocycles. The van der Waals surface area contributed by atoms with Gasteiger partial charge in [0.2, 0.25) is 0 Å². The van der Waals surface area contributed by atoms with E-state index >= 15 is 0 Å². The zero-order valence-corrected chi connectivity index (χ0v) is 14.3. The third kappa shape index (κ3) is 5.53. The van der Waals surface area contributed by atoms with Gasteiger partial charge in [-0.1, -0.05) is 11.6 Å². The molecule has 120 valence electrons. The minimum atomic E-state index is -0.540. The first kappa shape index (κ1) is 18.2. The molecule has 0 atom stereocenters. The Balaban J connectivity index is 2.96. The summed E-state index contributed by atoms with van der Waals surface area (Å²) in [5.74, 6) is -0.893. The van der Waals surface area contributed by atoms with Crippen molar-refractivity contribution in [2.45, 2.75) is 40.2 Å². The average molecular weight is 325 g/mol. The Morgan fingerprint density at radius 3 is 2.45 bits per heavy atom. The van der Waals surface area contributed by atoms with Crippen LogP contribution in [-0.4, -0.2) is 24.1 Å². The molecular weight excluding hydrogens is 304 g/mol. The fourth-order valence-electron chi connectivity index (χ4n) is 1.74. The predicted molar refractivity (Wildman–Crippen MR) is 87.0 cm³/mol. The molecule has 0 heterocycles. The van der Waals surface area contributed by atoms with Crippen molar-refractivity contribution in [2.75, 3.05) is 6.61 Å². The summed E-state index contributed by atoms with van der Waals surface area (Å²) < 4.78 is 10.1.